The molecule has 1 aliphatic rings. The lowest BCUT2D eigenvalue weighted by molar-refractivity contribution is -0.115. The van der Waals surface area contributed by atoms with Crippen molar-refractivity contribution in [1.82, 2.24) is 4.90 Å². The van der Waals surface area contributed by atoms with Crippen molar-refractivity contribution in [3.05, 3.63) is 29.3 Å². The van der Waals surface area contributed by atoms with Crippen molar-refractivity contribution >= 4 is 11.6 Å². The molecule has 0 aromatic heterocycles. The Morgan fingerprint density at radius 2 is 2.16 bits per heavy atom. The number of amides is 1. The Labute approximate surface area is 131 Å². The van der Waals surface area contributed by atoms with E-state index in [2.05, 4.69) is 5.32 Å². The summed E-state index contributed by atoms with van der Waals surface area (Å²) >= 11 is 0. The van der Waals surface area contributed by atoms with Crippen LogP contribution in [0.5, 0.6) is 0 Å². The molecule has 1 heterocycles. The summed E-state index contributed by atoms with van der Waals surface area (Å²) in [7, 11) is 0. The Bertz CT molecular complexity index is 853. The first-order chi connectivity index (χ1) is 13.5. The summed E-state index contributed by atoms with van der Waals surface area (Å²) in [5.74, 6) is -1.15. The lowest BCUT2D eigenvalue weighted by Gasteiger charge is -2.21. The van der Waals surface area contributed by atoms with E-state index in [1.54, 1.807) is 0 Å². The zero-order valence-electron chi connectivity index (χ0n) is 22.0. The summed E-state index contributed by atoms with van der Waals surface area (Å²) in [5, 5.41) is 2.14. The molecule has 104 valence electrons. The molecule has 0 radical (unpaired) electrons. The fourth-order valence-electron chi connectivity index (χ4n) is 1.72. The fraction of sp³-hybridized carbons (Fsp3) is 0.562. The summed E-state index contributed by atoms with van der Waals surface area (Å²) in [6.07, 6.45) is -5.81. The largest absolute Gasteiger partial charge is 0.326 e. The van der Waals surface area contributed by atoms with Gasteiger partial charge < -0.3 is 10.2 Å². The van der Waals surface area contributed by atoms with E-state index >= 15 is 0 Å². The zero-order chi connectivity index (χ0) is 23.4. The van der Waals surface area contributed by atoms with Crippen molar-refractivity contribution in [3.8, 4) is 0 Å². The number of hydrogen-bond acceptors (Lipinski definition) is 2. The summed E-state index contributed by atoms with van der Waals surface area (Å²) < 4.78 is 89.9. The van der Waals surface area contributed by atoms with Gasteiger partial charge in [-0.05, 0) is 49.4 Å². The van der Waals surface area contributed by atoms with Gasteiger partial charge in [-0.2, -0.15) is 0 Å². The maximum Gasteiger partial charge on any atom is 0.228 e. The standard InChI is InChI=1S/C16H24N2O/c1-3-9-18(10-4-2)11-8-13-6-5-7-15-14(13)12-16(19)17-15/h5-7H,3-4,8-12H2,1-2H3,(H,17,19)/i5D,6D,7D,8D2,9D2,10D2,12D2. The van der Waals surface area contributed by atoms with Crippen LogP contribution in [0.3, 0.4) is 0 Å². The third kappa shape index (κ3) is 3.57. The number of rotatable bonds is 7. The van der Waals surface area contributed by atoms with Crippen LogP contribution >= 0.6 is 0 Å². The van der Waals surface area contributed by atoms with Gasteiger partial charge in [0.25, 0.3) is 0 Å². The van der Waals surface area contributed by atoms with Gasteiger partial charge in [-0.1, -0.05) is 25.9 Å². The third-order valence-corrected chi connectivity index (χ3v) is 2.46. The SMILES string of the molecule is [2H]c1c([2H])c2c(c(C([2H])([2H])CN(C([2H])([2H])CC)C([2H])([2H])CC)c1[2H])C([2H])([2H])C(=O)N2. The molecule has 2 rings (SSSR count). The van der Waals surface area contributed by atoms with Gasteiger partial charge in [0.1, 0.15) is 0 Å². The van der Waals surface area contributed by atoms with Crippen LogP contribution in [-0.4, -0.2) is 30.3 Å². The minimum Gasteiger partial charge on any atom is -0.326 e. The molecule has 19 heavy (non-hydrogen) atoms. The van der Waals surface area contributed by atoms with E-state index in [0.29, 0.717) is 4.90 Å². The number of nitrogens with zero attached hydrogens (tertiary/aromatic N) is 1. The van der Waals surface area contributed by atoms with Crippen LogP contribution in [0.1, 0.15) is 52.9 Å². The van der Waals surface area contributed by atoms with Gasteiger partial charge in [-0.25, -0.2) is 0 Å². The van der Waals surface area contributed by atoms with E-state index in [-0.39, 0.29) is 12.8 Å². The molecule has 0 aliphatic carbocycles. The second-order valence-electron chi connectivity index (χ2n) is 3.87. The molecule has 1 aromatic rings. The number of anilines is 1. The molecule has 0 spiro atoms. The molecule has 0 unspecified atom stereocenters. The monoisotopic (exact) mass is 271 g/mol. The van der Waals surface area contributed by atoms with Crippen molar-refractivity contribution in [2.24, 2.45) is 0 Å². The smallest absolute Gasteiger partial charge is 0.228 e. The van der Waals surface area contributed by atoms with Crippen molar-refractivity contribution in [2.75, 3.05) is 24.9 Å². The molecule has 0 atom stereocenters. The second-order valence-corrected chi connectivity index (χ2v) is 3.87. The van der Waals surface area contributed by atoms with Gasteiger partial charge in [0, 0.05) is 23.2 Å². The average Bonchev–Trinajstić information content (AvgIpc) is 2.87. The summed E-state index contributed by atoms with van der Waals surface area (Å²) in [6.45, 7) is -2.47. The van der Waals surface area contributed by atoms with Crippen molar-refractivity contribution < 1.29 is 19.9 Å². The number of carbonyl (C=O) groups is 1. The summed E-state index contributed by atoms with van der Waals surface area (Å²) in [4.78, 5) is 12.8. The number of hydrogen-bond donors (Lipinski definition) is 1. The first-order valence-electron chi connectivity index (χ1n) is 11.7. The molecular formula is C16H24N2O. The molecule has 1 N–H and O–H groups in total. The summed E-state index contributed by atoms with van der Waals surface area (Å²) in [6, 6.07) is -2.12. The zero-order valence-corrected chi connectivity index (χ0v) is 11.0. The molecule has 0 saturated carbocycles. The van der Waals surface area contributed by atoms with Crippen LogP contribution in [0.15, 0.2) is 18.1 Å². The van der Waals surface area contributed by atoms with E-state index < -0.39 is 73.1 Å². The number of fused-ring (bicyclic) bond motifs is 1. The minimum absolute atomic E-state index is 0.162. The quantitative estimate of drug-likeness (QED) is 0.827. The Morgan fingerprint density at radius 3 is 2.84 bits per heavy atom. The summed E-state index contributed by atoms with van der Waals surface area (Å²) in [5.41, 5.74) is -1.63. The van der Waals surface area contributed by atoms with E-state index in [1.165, 1.54) is 13.8 Å². The predicted molar refractivity (Wildman–Crippen MR) is 79.5 cm³/mol. The first-order valence-corrected chi connectivity index (χ1v) is 6.19. The van der Waals surface area contributed by atoms with Gasteiger partial charge in [0.05, 0.1) is 10.5 Å². The Kier molecular flexibility index (Phi) is 1.97. The van der Waals surface area contributed by atoms with Crippen LogP contribution in [0.2, 0.25) is 0 Å². The van der Waals surface area contributed by atoms with Crippen LogP contribution in [0.4, 0.5) is 5.69 Å². The number of nitrogens with one attached hydrogen (secondary N) is 1. The molecular weight excluding hydrogens is 236 g/mol. The third-order valence-electron chi connectivity index (χ3n) is 2.46. The molecule has 0 fully saturated rings. The van der Waals surface area contributed by atoms with Crippen LogP contribution in [0.25, 0.3) is 0 Å². The normalized spacial score (nSPS) is 27.1. The van der Waals surface area contributed by atoms with E-state index in [4.69, 9.17) is 15.1 Å². The van der Waals surface area contributed by atoms with E-state index in [1.807, 2.05) is 0 Å². The number of benzene rings is 1. The topological polar surface area (TPSA) is 32.3 Å². The Balaban J connectivity index is 2.76. The van der Waals surface area contributed by atoms with Gasteiger partial charge in [0.15, 0.2) is 0 Å². The predicted octanol–water partition coefficient (Wildman–Crippen LogP) is 2.85. The van der Waals surface area contributed by atoms with Crippen molar-refractivity contribution in [1.29, 1.82) is 0 Å². The Hall–Kier alpha value is -1.35. The maximum atomic E-state index is 12.1. The van der Waals surface area contributed by atoms with Gasteiger partial charge in [-0.3, -0.25) is 4.79 Å². The highest BCUT2D eigenvalue weighted by molar-refractivity contribution is 5.99. The van der Waals surface area contributed by atoms with E-state index in [0.717, 1.165) is 0 Å². The van der Waals surface area contributed by atoms with Gasteiger partial charge in [-0.15, -0.1) is 0 Å². The highest BCUT2D eigenvalue weighted by atomic mass is 16.1. The molecule has 3 nitrogen and oxygen atoms in total. The molecule has 0 saturated heterocycles. The molecule has 0 bridgehead atoms. The second kappa shape index (κ2) is 6.71. The average molecular weight is 271 g/mol. The fourth-order valence-corrected chi connectivity index (χ4v) is 1.72. The van der Waals surface area contributed by atoms with Crippen molar-refractivity contribution in [3.63, 3.8) is 0 Å². The lowest BCUT2D eigenvalue weighted by atomic mass is 10.0. The highest BCUT2D eigenvalue weighted by Gasteiger charge is 2.20. The lowest BCUT2D eigenvalue weighted by Crippen LogP contribution is -2.28. The van der Waals surface area contributed by atoms with Crippen LogP contribution < -0.4 is 5.32 Å². The van der Waals surface area contributed by atoms with Crippen LogP contribution in [0, 0.1) is 0 Å². The highest BCUT2D eigenvalue weighted by Crippen LogP contribution is 2.26. The number of carbonyl (C=O) groups excluding carboxylic acids is 1. The Morgan fingerprint density at radius 1 is 1.42 bits per heavy atom. The van der Waals surface area contributed by atoms with Gasteiger partial charge in [0.2, 0.25) is 5.91 Å². The maximum absolute atomic E-state index is 12.1. The molecule has 1 aliphatic heterocycles. The minimum atomic E-state index is -2.77. The van der Waals surface area contributed by atoms with Gasteiger partial charge >= 0.3 is 0 Å². The first kappa shape index (κ1) is 5.57. The molecule has 1 amide bonds. The van der Waals surface area contributed by atoms with E-state index in [9.17, 15) is 4.79 Å². The molecule has 3 heteroatoms. The van der Waals surface area contributed by atoms with Crippen molar-refractivity contribution in [2.45, 2.75) is 39.4 Å². The molecule has 1 aromatic carbocycles. The van der Waals surface area contributed by atoms with Crippen LogP contribution in [-0.2, 0) is 17.5 Å².